The van der Waals surface area contributed by atoms with E-state index in [0.717, 1.165) is 28.3 Å². The summed E-state index contributed by atoms with van der Waals surface area (Å²) in [5.74, 6) is 0.430. The SMILES string of the molecule is N#Cc1ccc(CN2Cc3c(cc(Br)c(OCc4ccccc4)c3Br)C[C@H]2C(=O)NS(=O)(=O)c2ccc(NCCOc3ccccc3)c([N+](=O)[O-])c2)cc1. The molecule has 1 amide bonds. The summed E-state index contributed by atoms with van der Waals surface area (Å²) >= 11 is 7.35. The molecule has 6 rings (SSSR count). The number of amides is 1. The van der Waals surface area contributed by atoms with Crippen molar-refractivity contribution in [3.05, 3.63) is 156 Å². The van der Waals surface area contributed by atoms with Crippen LogP contribution in [0.1, 0.15) is 27.8 Å². The lowest BCUT2D eigenvalue weighted by molar-refractivity contribution is -0.384. The average molecular weight is 876 g/mol. The minimum Gasteiger partial charge on any atom is -0.492 e. The van der Waals surface area contributed by atoms with Gasteiger partial charge in [-0.1, -0.05) is 60.7 Å². The van der Waals surface area contributed by atoms with Crippen molar-refractivity contribution >= 4 is 59.2 Å². The Labute approximate surface area is 329 Å². The van der Waals surface area contributed by atoms with Crippen LogP contribution in [0.2, 0.25) is 0 Å². The topological polar surface area (TPSA) is 164 Å². The highest BCUT2D eigenvalue weighted by Gasteiger charge is 2.36. The number of hydrogen-bond donors (Lipinski definition) is 2. The van der Waals surface area contributed by atoms with Gasteiger partial charge in [0.1, 0.15) is 30.4 Å². The van der Waals surface area contributed by atoms with Gasteiger partial charge in [0.2, 0.25) is 0 Å². The normalized spacial score (nSPS) is 14.0. The molecule has 5 aromatic rings. The van der Waals surface area contributed by atoms with E-state index in [1.54, 1.807) is 36.4 Å². The van der Waals surface area contributed by atoms with E-state index < -0.39 is 37.5 Å². The molecule has 54 heavy (non-hydrogen) atoms. The van der Waals surface area contributed by atoms with Crippen LogP contribution in [0.3, 0.4) is 0 Å². The number of rotatable bonds is 14. The summed E-state index contributed by atoms with van der Waals surface area (Å²) in [7, 11) is -4.54. The number of para-hydroxylation sites is 1. The fourth-order valence-electron chi connectivity index (χ4n) is 6.01. The summed E-state index contributed by atoms with van der Waals surface area (Å²) in [5, 5.41) is 24.2. The van der Waals surface area contributed by atoms with Crippen molar-refractivity contribution in [1.29, 1.82) is 5.26 Å². The number of nitro benzene ring substituents is 1. The molecule has 0 saturated carbocycles. The molecule has 5 aromatic carbocycles. The van der Waals surface area contributed by atoms with E-state index in [1.165, 1.54) is 12.1 Å². The van der Waals surface area contributed by atoms with Crippen LogP contribution in [-0.2, 0) is 40.9 Å². The molecule has 1 atom stereocenters. The highest BCUT2D eigenvalue weighted by Crippen LogP contribution is 2.42. The molecule has 0 bridgehead atoms. The number of benzene rings is 5. The Kier molecular flexibility index (Phi) is 12.3. The molecule has 15 heteroatoms. The molecule has 0 fully saturated rings. The summed E-state index contributed by atoms with van der Waals surface area (Å²) in [6, 6.07) is 32.1. The molecule has 2 N–H and O–H groups in total. The van der Waals surface area contributed by atoms with Crippen LogP contribution in [0.4, 0.5) is 11.4 Å². The van der Waals surface area contributed by atoms with Gasteiger partial charge in [-0.3, -0.25) is 19.8 Å². The second-order valence-corrected chi connectivity index (χ2v) is 15.7. The van der Waals surface area contributed by atoms with Crippen LogP contribution in [0.25, 0.3) is 0 Å². The van der Waals surface area contributed by atoms with Crippen molar-refractivity contribution in [2.45, 2.75) is 37.1 Å². The number of nitrogens with one attached hydrogen (secondary N) is 2. The van der Waals surface area contributed by atoms with Crippen molar-refractivity contribution < 1.29 is 27.6 Å². The third-order valence-electron chi connectivity index (χ3n) is 8.72. The van der Waals surface area contributed by atoms with Gasteiger partial charge in [0, 0.05) is 25.7 Å². The van der Waals surface area contributed by atoms with Crippen LogP contribution < -0.4 is 19.5 Å². The molecule has 12 nitrogen and oxygen atoms in total. The third kappa shape index (κ3) is 9.26. The summed E-state index contributed by atoms with van der Waals surface area (Å²) in [6.45, 7) is 1.25. The van der Waals surface area contributed by atoms with Crippen molar-refractivity contribution in [2.75, 3.05) is 18.5 Å². The Balaban J connectivity index is 1.23. The molecule has 1 aliphatic heterocycles. The number of fused-ring (bicyclic) bond motifs is 1. The number of carbonyl (C=O) groups excluding carboxylic acids is 1. The zero-order chi connectivity index (χ0) is 38.2. The first-order valence-corrected chi connectivity index (χ1v) is 19.8. The zero-order valence-corrected chi connectivity index (χ0v) is 32.6. The minimum atomic E-state index is -4.54. The molecule has 1 heterocycles. The molecule has 1 aliphatic rings. The quantitative estimate of drug-likeness (QED) is 0.0649. The van der Waals surface area contributed by atoms with Crippen LogP contribution in [-0.4, -0.2) is 43.3 Å². The van der Waals surface area contributed by atoms with Gasteiger partial charge in [-0.05, 0) is 103 Å². The zero-order valence-electron chi connectivity index (χ0n) is 28.6. The first-order valence-electron chi connectivity index (χ1n) is 16.7. The van der Waals surface area contributed by atoms with E-state index in [9.17, 15) is 28.6 Å². The van der Waals surface area contributed by atoms with Crippen LogP contribution in [0.15, 0.2) is 123 Å². The number of carbonyl (C=O) groups is 1. The van der Waals surface area contributed by atoms with Crippen LogP contribution >= 0.6 is 31.9 Å². The standard InChI is InChI=1S/C39H33Br2N5O7S/c40-33-19-29-20-36(39(47)44-54(50,51)31-15-16-34(35(21-31)46(48)49)43-17-18-52-30-9-5-2-6-10-30)45(23-27-13-11-26(22-42)12-14-27)24-32(29)37(41)38(33)53-25-28-7-3-1-4-8-28/h1-16,19,21,36,43H,17-18,20,23-25H2,(H,44,47)/t36-/m0/s1. The summed E-state index contributed by atoms with van der Waals surface area (Å²) in [4.78, 5) is 26.7. The lowest BCUT2D eigenvalue weighted by Gasteiger charge is -2.37. The van der Waals surface area contributed by atoms with Gasteiger partial charge in [0.05, 0.1) is 36.4 Å². The monoisotopic (exact) mass is 873 g/mol. The minimum absolute atomic E-state index is 0.0997. The Bertz CT molecular complexity index is 2310. The number of nitriles is 1. The highest BCUT2D eigenvalue weighted by atomic mass is 79.9. The number of ether oxygens (including phenoxy) is 2. The molecular weight excluding hydrogens is 842 g/mol. The lowest BCUT2D eigenvalue weighted by Crippen LogP contribution is -2.51. The maximum Gasteiger partial charge on any atom is 0.293 e. The van der Waals surface area contributed by atoms with Crippen molar-refractivity contribution in [2.24, 2.45) is 0 Å². The van der Waals surface area contributed by atoms with E-state index in [0.29, 0.717) is 32.6 Å². The van der Waals surface area contributed by atoms with Gasteiger partial charge >= 0.3 is 0 Å². The second-order valence-electron chi connectivity index (χ2n) is 12.3. The predicted molar refractivity (Wildman–Crippen MR) is 209 cm³/mol. The number of halogens is 2. The number of anilines is 1. The average Bonchev–Trinajstić information content (AvgIpc) is 3.17. The van der Waals surface area contributed by atoms with Crippen molar-refractivity contribution in [3.8, 4) is 17.6 Å². The Morgan fingerprint density at radius 2 is 1.65 bits per heavy atom. The molecule has 0 aromatic heterocycles. The molecule has 0 unspecified atom stereocenters. The van der Waals surface area contributed by atoms with Gasteiger partial charge in [-0.25, -0.2) is 13.1 Å². The number of sulfonamides is 1. The third-order valence-corrected chi connectivity index (χ3v) is 11.5. The Morgan fingerprint density at radius 1 is 0.944 bits per heavy atom. The Hall–Kier alpha value is -5.27. The van der Waals surface area contributed by atoms with Crippen molar-refractivity contribution in [3.63, 3.8) is 0 Å². The van der Waals surface area contributed by atoms with E-state index in [1.807, 2.05) is 59.5 Å². The fraction of sp³-hybridized carbons (Fsp3) is 0.179. The molecule has 0 radical (unpaired) electrons. The van der Waals surface area contributed by atoms with Gasteiger partial charge in [0.15, 0.2) is 0 Å². The largest absolute Gasteiger partial charge is 0.492 e. The molecule has 0 saturated heterocycles. The van der Waals surface area contributed by atoms with E-state index in [-0.39, 0.29) is 38.3 Å². The first-order chi connectivity index (χ1) is 26.0. The number of nitrogens with zero attached hydrogens (tertiary/aromatic N) is 3. The van der Waals surface area contributed by atoms with E-state index in [4.69, 9.17) is 9.47 Å². The lowest BCUT2D eigenvalue weighted by atomic mass is 9.92. The molecule has 0 spiro atoms. The maximum absolute atomic E-state index is 14.0. The molecule has 0 aliphatic carbocycles. The fourth-order valence-corrected chi connectivity index (χ4v) is 8.60. The smallest absolute Gasteiger partial charge is 0.293 e. The van der Waals surface area contributed by atoms with Gasteiger partial charge in [0.25, 0.3) is 21.6 Å². The summed E-state index contributed by atoms with van der Waals surface area (Å²) < 4.78 is 42.6. The van der Waals surface area contributed by atoms with Crippen LogP contribution in [0.5, 0.6) is 11.5 Å². The van der Waals surface area contributed by atoms with Gasteiger partial charge in [-0.15, -0.1) is 0 Å². The van der Waals surface area contributed by atoms with E-state index >= 15 is 0 Å². The number of nitro groups is 1. The van der Waals surface area contributed by atoms with E-state index in [2.05, 4.69) is 48.0 Å². The number of hydrogen-bond acceptors (Lipinski definition) is 10. The summed E-state index contributed by atoms with van der Waals surface area (Å²) in [5.41, 5.74) is 3.57. The van der Waals surface area contributed by atoms with Crippen molar-refractivity contribution in [1.82, 2.24) is 9.62 Å². The maximum atomic E-state index is 14.0. The van der Waals surface area contributed by atoms with Gasteiger partial charge in [-0.2, -0.15) is 5.26 Å². The second kappa shape index (κ2) is 17.3. The van der Waals surface area contributed by atoms with Gasteiger partial charge < -0.3 is 14.8 Å². The first kappa shape index (κ1) is 38.5. The molecule has 276 valence electrons. The highest BCUT2D eigenvalue weighted by molar-refractivity contribution is 9.11. The Morgan fingerprint density at radius 3 is 2.33 bits per heavy atom. The predicted octanol–water partition coefficient (Wildman–Crippen LogP) is 7.49. The molecular formula is C39H33Br2N5O7S. The summed E-state index contributed by atoms with van der Waals surface area (Å²) in [6.07, 6.45) is 0.150. The van der Waals surface area contributed by atoms with Crippen LogP contribution in [0, 0.1) is 21.4 Å².